The summed E-state index contributed by atoms with van der Waals surface area (Å²) in [6.45, 7) is 3.31. The van der Waals surface area contributed by atoms with Crippen LogP contribution in [0.4, 0.5) is 0 Å². The number of carbonyl (C=O) groups is 1. The van der Waals surface area contributed by atoms with Gasteiger partial charge in [0.25, 0.3) is 0 Å². The van der Waals surface area contributed by atoms with Crippen LogP contribution in [0.5, 0.6) is 0 Å². The fourth-order valence-corrected chi connectivity index (χ4v) is 1.86. The minimum Gasteiger partial charge on any atom is -0.458 e. The Hall–Kier alpha value is -1.23. The highest BCUT2D eigenvalue weighted by molar-refractivity contribution is 5.66. The molecule has 0 bridgehead atoms. The van der Waals surface area contributed by atoms with E-state index < -0.39 is 0 Å². The number of terminal acetylenes is 1. The second-order valence-electron chi connectivity index (χ2n) is 3.61. The molecule has 0 aromatic heterocycles. The van der Waals surface area contributed by atoms with E-state index in [0.717, 1.165) is 36.8 Å². The zero-order chi connectivity index (χ0) is 10.6. The first kappa shape index (κ1) is 10.8. The van der Waals surface area contributed by atoms with Crippen molar-refractivity contribution in [1.29, 1.82) is 0 Å². The maximum atomic E-state index is 10.8. The van der Waals surface area contributed by atoms with Gasteiger partial charge in [-0.3, -0.25) is 4.79 Å². The number of carbonyl (C=O) groups excluding carboxylic acids is 1. The van der Waals surface area contributed by atoms with Crippen molar-refractivity contribution in [3.8, 4) is 12.3 Å². The van der Waals surface area contributed by atoms with Crippen LogP contribution in [0.15, 0.2) is 11.1 Å². The molecule has 0 saturated carbocycles. The van der Waals surface area contributed by atoms with E-state index in [1.807, 2.05) is 6.92 Å². The molecular weight excluding hydrogens is 176 g/mol. The van der Waals surface area contributed by atoms with Crippen molar-refractivity contribution in [3.05, 3.63) is 11.1 Å². The zero-order valence-electron chi connectivity index (χ0n) is 8.80. The Morgan fingerprint density at radius 3 is 2.71 bits per heavy atom. The summed E-state index contributed by atoms with van der Waals surface area (Å²) >= 11 is 0. The first-order valence-electron chi connectivity index (χ1n) is 5.01. The van der Waals surface area contributed by atoms with E-state index in [1.165, 1.54) is 6.92 Å². The molecule has 1 aliphatic rings. The lowest BCUT2D eigenvalue weighted by Crippen LogP contribution is -2.18. The maximum absolute atomic E-state index is 10.8. The summed E-state index contributed by atoms with van der Waals surface area (Å²) in [7, 11) is 0. The normalized spacial score (nSPS) is 18.6. The Labute approximate surface area is 85.3 Å². The molecule has 0 aromatic carbocycles. The Kier molecular flexibility index (Phi) is 3.76. The Morgan fingerprint density at radius 1 is 1.50 bits per heavy atom. The van der Waals surface area contributed by atoms with Gasteiger partial charge in [-0.15, -0.1) is 6.42 Å². The average molecular weight is 192 g/mol. The largest absolute Gasteiger partial charge is 0.458 e. The van der Waals surface area contributed by atoms with Gasteiger partial charge in [0.15, 0.2) is 0 Å². The summed E-state index contributed by atoms with van der Waals surface area (Å²) in [5.74, 6) is 2.45. The smallest absolute Gasteiger partial charge is 0.303 e. The van der Waals surface area contributed by atoms with Gasteiger partial charge in [0.1, 0.15) is 6.10 Å². The lowest BCUT2D eigenvalue weighted by atomic mass is 9.89. The Bertz CT molecular complexity index is 294. The van der Waals surface area contributed by atoms with E-state index in [1.54, 1.807) is 0 Å². The maximum Gasteiger partial charge on any atom is 0.303 e. The quantitative estimate of drug-likeness (QED) is 0.496. The third kappa shape index (κ3) is 2.63. The topological polar surface area (TPSA) is 26.3 Å². The average Bonchev–Trinajstić information content (AvgIpc) is 2.16. The van der Waals surface area contributed by atoms with E-state index >= 15 is 0 Å². The van der Waals surface area contributed by atoms with Crippen LogP contribution < -0.4 is 0 Å². The summed E-state index contributed by atoms with van der Waals surface area (Å²) in [6, 6.07) is 0. The van der Waals surface area contributed by atoms with Gasteiger partial charge in [-0.1, -0.05) is 5.92 Å². The number of allylic oxidation sites excluding steroid dienone is 1. The van der Waals surface area contributed by atoms with Crippen LogP contribution >= 0.6 is 0 Å². The number of hydrogen-bond donors (Lipinski definition) is 0. The standard InChI is InChI=1S/C12H16O2/c1-4-11-7-5-6-8-12(11)9(2)14-10(3)13/h1,9H,5-8H2,2-3H3. The molecule has 76 valence electrons. The molecule has 0 radical (unpaired) electrons. The fraction of sp³-hybridized carbons (Fsp3) is 0.583. The molecule has 14 heavy (non-hydrogen) atoms. The van der Waals surface area contributed by atoms with E-state index in [-0.39, 0.29) is 12.1 Å². The van der Waals surface area contributed by atoms with Crippen molar-refractivity contribution in [2.45, 2.75) is 45.6 Å². The van der Waals surface area contributed by atoms with Crippen LogP contribution in [0, 0.1) is 12.3 Å². The molecule has 0 heterocycles. The SMILES string of the molecule is C#CC1=C(C(C)OC(C)=O)CCCC1. The molecule has 1 aliphatic carbocycles. The Balaban J connectivity index is 2.77. The van der Waals surface area contributed by atoms with E-state index in [2.05, 4.69) is 5.92 Å². The molecule has 1 unspecified atom stereocenters. The highest BCUT2D eigenvalue weighted by atomic mass is 16.5. The molecule has 1 atom stereocenters. The van der Waals surface area contributed by atoms with Crippen molar-refractivity contribution >= 4 is 5.97 Å². The van der Waals surface area contributed by atoms with Gasteiger partial charge in [0, 0.05) is 12.5 Å². The van der Waals surface area contributed by atoms with Crippen LogP contribution in [-0.4, -0.2) is 12.1 Å². The minimum absolute atomic E-state index is 0.154. The Morgan fingerprint density at radius 2 is 2.14 bits per heavy atom. The first-order valence-corrected chi connectivity index (χ1v) is 5.01. The summed E-state index contributed by atoms with van der Waals surface area (Å²) in [5.41, 5.74) is 2.17. The zero-order valence-corrected chi connectivity index (χ0v) is 8.80. The van der Waals surface area contributed by atoms with Crippen LogP contribution in [0.25, 0.3) is 0 Å². The van der Waals surface area contributed by atoms with Gasteiger partial charge >= 0.3 is 5.97 Å². The van der Waals surface area contributed by atoms with Gasteiger partial charge < -0.3 is 4.74 Å². The minimum atomic E-state index is -0.244. The molecule has 0 saturated heterocycles. The van der Waals surface area contributed by atoms with E-state index in [0.29, 0.717) is 0 Å². The molecule has 0 fully saturated rings. The second-order valence-corrected chi connectivity index (χ2v) is 3.61. The third-order valence-corrected chi connectivity index (χ3v) is 2.52. The monoisotopic (exact) mass is 192 g/mol. The highest BCUT2D eigenvalue weighted by Gasteiger charge is 2.18. The highest BCUT2D eigenvalue weighted by Crippen LogP contribution is 2.27. The molecule has 2 nitrogen and oxygen atoms in total. The molecule has 0 amide bonds. The number of esters is 1. The van der Waals surface area contributed by atoms with Gasteiger partial charge in [0.2, 0.25) is 0 Å². The van der Waals surface area contributed by atoms with Crippen LogP contribution in [0.3, 0.4) is 0 Å². The van der Waals surface area contributed by atoms with Crippen LogP contribution in [0.2, 0.25) is 0 Å². The van der Waals surface area contributed by atoms with Crippen LogP contribution in [0.1, 0.15) is 39.5 Å². The van der Waals surface area contributed by atoms with Gasteiger partial charge in [0.05, 0.1) is 0 Å². The molecule has 0 N–H and O–H groups in total. The molecular formula is C12H16O2. The van der Waals surface area contributed by atoms with Crippen molar-refractivity contribution in [3.63, 3.8) is 0 Å². The number of hydrogen-bond acceptors (Lipinski definition) is 2. The van der Waals surface area contributed by atoms with Gasteiger partial charge in [-0.2, -0.15) is 0 Å². The van der Waals surface area contributed by atoms with E-state index in [9.17, 15) is 4.79 Å². The summed E-state index contributed by atoms with van der Waals surface area (Å²) < 4.78 is 5.13. The van der Waals surface area contributed by atoms with Crippen molar-refractivity contribution in [1.82, 2.24) is 0 Å². The summed E-state index contributed by atoms with van der Waals surface area (Å²) in [4.78, 5) is 10.8. The van der Waals surface area contributed by atoms with Crippen molar-refractivity contribution < 1.29 is 9.53 Å². The molecule has 1 rings (SSSR count). The summed E-state index contributed by atoms with van der Waals surface area (Å²) in [5, 5.41) is 0. The molecule has 0 spiro atoms. The van der Waals surface area contributed by atoms with Gasteiger partial charge in [-0.25, -0.2) is 0 Å². The van der Waals surface area contributed by atoms with Gasteiger partial charge in [-0.05, 0) is 38.2 Å². The summed E-state index contributed by atoms with van der Waals surface area (Å²) in [6.07, 6.45) is 9.48. The molecule has 0 aromatic rings. The predicted octanol–water partition coefficient (Wildman–Crippen LogP) is 2.44. The van der Waals surface area contributed by atoms with Crippen LogP contribution in [-0.2, 0) is 9.53 Å². The number of rotatable bonds is 2. The predicted molar refractivity (Wildman–Crippen MR) is 55.6 cm³/mol. The lowest BCUT2D eigenvalue weighted by molar-refractivity contribution is -0.143. The molecule has 0 aliphatic heterocycles. The first-order chi connectivity index (χ1) is 6.65. The van der Waals surface area contributed by atoms with Crippen molar-refractivity contribution in [2.75, 3.05) is 0 Å². The number of ether oxygens (including phenoxy) is 1. The fourth-order valence-electron chi connectivity index (χ4n) is 1.86. The lowest BCUT2D eigenvalue weighted by Gasteiger charge is -2.22. The third-order valence-electron chi connectivity index (χ3n) is 2.52. The molecule has 2 heteroatoms. The second kappa shape index (κ2) is 4.85. The van der Waals surface area contributed by atoms with Crippen molar-refractivity contribution in [2.24, 2.45) is 0 Å². The van der Waals surface area contributed by atoms with E-state index in [4.69, 9.17) is 11.2 Å².